The average Bonchev–Trinajstić information content (AvgIpc) is 3.20. The molecule has 7 heteroatoms. The summed E-state index contributed by atoms with van der Waals surface area (Å²) < 4.78 is 6.87. The summed E-state index contributed by atoms with van der Waals surface area (Å²) in [5.74, 6) is 1.74. The van der Waals surface area contributed by atoms with Gasteiger partial charge in [-0.05, 0) is 36.8 Å². The minimum Gasteiger partial charge on any atom is -0.490 e. The topological polar surface area (TPSA) is 59.7 Å². The normalized spacial score (nSPS) is 24.2. The summed E-state index contributed by atoms with van der Waals surface area (Å²) in [6.07, 6.45) is 6.62. The smallest absolute Gasteiger partial charge is 0.257 e. The lowest BCUT2D eigenvalue weighted by Gasteiger charge is -2.20. The highest BCUT2D eigenvalue weighted by Gasteiger charge is 2.43. The van der Waals surface area contributed by atoms with E-state index in [0.29, 0.717) is 23.1 Å². The fourth-order valence-corrected chi connectivity index (χ4v) is 4.39. The van der Waals surface area contributed by atoms with E-state index in [1.54, 1.807) is 18.5 Å². The van der Waals surface area contributed by atoms with Gasteiger partial charge in [0.2, 0.25) is 5.69 Å². The Morgan fingerprint density at radius 2 is 1.92 bits per heavy atom. The van der Waals surface area contributed by atoms with Crippen molar-refractivity contribution < 1.29 is 9.53 Å². The highest BCUT2D eigenvalue weighted by atomic mass is 79.9. The summed E-state index contributed by atoms with van der Waals surface area (Å²) in [6, 6.07) is 5.47. The summed E-state index contributed by atoms with van der Waals surface area (Å²) in [5.41, 5.74) is 1.13. The number of fused-ring (bicyclic) bond motifs is 1. The summed E-state index contributed by atoms with van der Waals surface area (Å²) in [7, 11) is 0. The third-order valence-electron chi connectivity index (χ3n) is 5.14. The average molecular weight is 413 g/mol. The molecule has 0 radical (unpaired) electrons. The zero-order chi connectivity index (χ0) is 18.1. The number of benzene rings is 1. The van der Waals surface area contributed by atoms with E-state index in [-0.39, 0.29) is 12.0 Å². The molecule has 2 aromatic rings. The predicted molar refractivity (Wildman–Crippen MR) is 99.0 cm³/mol. The second-order valence-electron chi connectivity index (χ2n) is 6.79. The molecule has 2 aliphatic rings. The molecule has 132 valence electrons. The van der Waals surface area contributed by atoms with Crippen LogP contribution in [0.3, 0.4) is 0 Å². The first kappa shape index (κ1) is 17.0. The second-order valence-corrected chi connectivity index (χ2v) is 7.65. The van der Waals surface area contributed by atoms with Crippen molar-refractivity contribution in [1.82, 2.24) is 14.9 Å². The predicted octanol–water partition coefficient (Wildman–Crippen LogP) is 3.72. The van der Waals surface area contributed by atoms with Crippen molar-refractivity contribution in [1.29, 1.82) is 0 Å². The van der Waals surface area contributed by atoms with Crippen LogP contribution in [0.25, 0.3) is 4.85 Å². The number of carbonyl (C=O) groups excluding carboxylic acids is 1. The quantitative estimate of drug-likeness (QED) is 0.720. The van der Waals surface area contributed by atoms with Crippen molar-refractivity contribution in [2.75, 3.05) is 13.1 Å². The monoisotopic (exact) mass is 412 g/mol. The molecule has 0 N–H and O–H groups in total. The van der Waals surface area contributed by atoms with E-state index in [0.717, 1.165) is 36.2 Å². The van der Waals surface area contributed by atoms with E-state index in [4.69, 9.17) is 11.3 Å². The summed E-state index contributed by atoms with van der Waals surface area (Å²) in [6.45, 7) is 8.62. The number of likely N-dealkylation sites (tertiary alicyclic amines) is 1. The Kier molecular flexibility index (Phi) is 4.60. The summed E-state index contributed by atoms with van der Waals surface area (Å²) in [4.78, 5) is 25.7. The van der Waals surface area contributed by atoms with Crippen molar-refractivity contribution in [3.8, 4) is 5.75 Å². The van der Waals surface area contributed by atoms with Crippen LogP contribution < -0.4 is 4.74 Å². The Labute approximate surface area is 160 Å². The number of ether oxygens (including phenoxy) is 1. The number of amides is 1. The maximum absolute atomic E-state index is 12.5. The molecule has 1 saturated carbocycles. The number of nitrogens with zero attached hydrogens (tertiary/aromatic N) is 4. The summed E-state index contributed by atoms with van der Waals surface area (Å²) >= 11 is 3.40. The Morgan fingerprint density at radius 3 is 2.54 bits per heavy atom. The lowest BCUT2D eigenvalue weighted by atomic mass is 10.0. The van der Waals surface area contributed by atoms with Crippen LogP contribution in [0.15, 0.2) is 41.4 Å². The molecule has 2 fully saturated rings. The molecule has 2 heterocycles. The fourth-order valence-electron chi connectivity index (χ4n) is 3.94. The van der Waals surface area contributed by atoms with Gasteiger partial charge in [0.25, 0.3) is 5.91 Å². The largest absolute Gasteiger partial charge is 0.490 e. The SMILES string of the molecule is [C-]#[N+]c1ccc(OC2CC3CN(C(=O)c4cncnc4)CC3C2)cc1Br. The Balaban J connectivity index is 1.36. The van der Waals surface area contributed by atoms with Crippen LogP contribution >= 0.6 is 15.9 Å². The third kappa shape index (κ3) is 3.29. The highest BCUT2D eigenvalue weighted by Crippen LogP contribution is 2.40. The minimum atomic E-state index is 0.0103. The number of hydrogen-bond acceptors (Lipinski definition) is 4. The van der Waals surface area contributed by atoms with Crippen LogP contribution in [-0.2, 0) is 0 Å². The molecule has 2 unspecified atom stereocenters. The van der Waals surface area contributed by atoms with Crippen molar-refractivity contribution in [2.24, 2.45) is 11.8 Å². The molecule has 2 atom stereocenters. The molecule has 1 aliphatic carbocycles. The van der Waals surface area contributed by atoms with E-state index < -0.39 is 0 Å². The standard InChI is InChI=1S/C19H17BrN4O2/c1-21-18-3-2-15(6-17(18)20)26-16-4-12-9-24(10-13(12)5-16)19(25)14-7-22-11-23-8-14/h2-3,6-8,11-13,16H,4-5,9-10H2. The van der Waals surface area contributed by atoms with Crippen LogP contribution in [0.4, 0.5) is 5.69 Å². The number of aromatic nitrogens is 2. The molecule has 4 rings (SSSR count). The first-order valence-corrected chi connectivity index (χ1v) is 9.31. The van der Waals surface area contributed by atoms with Crippen molar-refractivity contribution in [2.45, 2.75) is 18.9 Å². The van der Waals surface area contributed by atoms with Gasteiger partial charge in [0.1, 0.15) is 12.1 Å². The van der Waals surface area contributed by atoms with E-state index >= 15 is 0 Å². The van der Waals surface area contributed by atoms with Crippen LogP contribution in [0.1, 0.15) is 23.2 Å². The van der Waals surface area contributed by atoms with Crippen molar-refractivity contribution >= 4 is 27.5 Å². The number of hydrogen-bond donors (Lipinski definition) is 0. The first-order chi connectivity index (χ1) is 12.6. The molecule has 1 saturated heterocycles. The lowest BCUT2D eigenvalue weighted by molar-refractivity contribution is 0.0769. The molecular weight excluding hydrogens is 396 g/mol. The van der Waals surface area contributed by atoms with Gasteiger partial charge in [-0.3, -0.25) is 4.79 Å². The second kappa shape index (κ2) is 7.04. The van der Waals surface area contributed by atoms with Crippen LogP contribution in [0.5, 0.6) is 5.75 Å². The molecule has 0 spiro atoms. The lowest BCUT2D eigenvalue weighted by Crippen LogP contribution is -2.31. The number of rotatable bonds is 3. The van der Waals surface area contributed by atoms with Gasteiger partial charge in [-0.1, -0.05) is 22.0 Å². The zero-order valence-corrected chi connectivity index (χ0v) is 15.6. The first-order valence-electron chi connectivity index (χ1n) is 8.52. The molecular formula is C19H17BrN4O2. The van der Waals surface area contributed by atoms with Gasteiger partial charge in [0.05, 0.1) is 18.2 Å². The van der Waals surface area contributed by atoms with Gasteiger partial charge in [-0.15, -0.1) is 0 Å². The van der Waals surface area contributed by atoms with E-state index in [1.165, 1.54) is 6.33 Å². The van der Waals surface area contributed by atoms with Gasteiger partial charge < -0.3 is 9.64 Å². The number of carbonyl (C=O) groups is 1. The van der Waals surface area contributed by atoms with Gasteiger partial charge in [-0.2, -0.15) is 0 Å². The molecule has 0 bridgehead atoms. The van der Waals surface area contributed by atoms with E-state index in [1.807, 2.05) is 17.0 Å². The fraction of sp³-hybridized carbons (Fsp3) is 0.368. The Bertz CT molecular complexity index is 854. The molecule has 1 aromatic carbocycles. The molecule has 1 aliphatic heterocycles. The van der Waals surface area contributed by atoms with Gasteiger partial charge in [-0.25, -0.2) is 14.8 Å². The highest BCUT2D eigenvalue weighted by molar-refractivity contribution is 9.10. The van der Waals surface area contributed by atoms with Crippen LogP contribution in [0, 0.1) is 18.4 Å². The number of halogens is 1. The maximum Gasteiger partial charge on any atom is 0.257 e. The summed E-state index contributed by atoms with van der Waals surface area (Å²) in [5, 5.41) is 0. The zero-order valence-electron chi connectivity index (χ0n) is 14.0. The Hall–Kier alpha value is -2.46. The minimum absolute atomic E-state index is 0.0103. The van der Waals surface area contributed by atoms with Gasteiger partial charge in [0.15, 0.2) is 0 Å². The van der Waals surface area contributed by atoms with Crippen LogP contribution in [0.2, 0.25) is 0 Å². The molecule has 26 heavy (non-hydrogen) atoms. The Morgan fingerprint density at radius 1 is 1.23 bits per heavy atom. The third-order valence-corrected chi connectivity index (χ3v) is 5.78. The van der Waals surface area contributed by atoms with E-state index in [2.05, 4.69) is 30.7 Å². The molecule has 1 amide bonds. The van der Waals surface area contributed by atoms with Crippen LogP contribution in [-0.4, -0.2) is 40.0 Å². The molecule has 6 nitrogen and oxygen atoms in total. The van der Waals surface area contributed by atoms with Crippen molar-refractivity contribution in [3.05, 3.63) is 58.4 Å². The van der Waals surface area contributed by atoms with Gasteiger partial charge in [0, 0.05) is 30.0 Å². The molecule has 1 aromatic heterocycles. The maximum atomic E-state index is 12.5. The van der Waals surface area contributed by atoms with Crippen molar-refractivity contribution in [3.63, 3.8) is 0 Å². The van der Waals surface area contributed by atoms with Gasteiger partial charge >= 0.3 is 0 Å². The van der Waals surface area contributed by atoms with E-state index in [9.17, 15) is 4.79 Å².